The molecule has 6 heteroatoms. The number of amides is 1. The Bertz CT molecular complexity index is 1050. The van der Waals surface area contributed by atoms with Gasteiger partial charge in [-0.2, -0.15) is 0 Å². The highest BCUT2D eigenvalue weighted by atomic mass is 16.5. The van der Waals surface area contributed by atoms with Crippen molar-refractivity contribution in [1.82, 2.24) is 9.97 Å². The molecule has 2 heterocycles. The third kappa shape index (κ3) is 3.41. The van der Waals surface area contributed by atoms with E-state index in [0.717, 1.165) is 23.4 Å². The number of rotatable bonds is 4. The lowest BCUT2D eigenvalue weighted by atomic mass is 10.2. The van der Waals surface area contributed by atoms with E-state index in [-0.39, 0.29) is 5.91 Å². The average molecular weight is 374 g/mol. The van der Waals surface area contributed by atoms with E-state index in [1.54, 1.807) is 25.0 Å². The van der Waals surface area contributed by atoms with Crippen LogP contribution in [0.3, 0.4) is 0 Å². The molecule has 3 aromatic rings. The Kier molecular flexibility index (Phi) is 4.69. The van der Waals surface area contributed by atoms with Gasteiger partial charge < -0.3 is 15.0 Å². The molecule has 2 aromatic carbocycles. The van der Waals surface area contributed by atoms with E-state index in [2.05, 4.69) is 21.4 Å². The van der Waals surface area contributed by atoms with Gasteiger partial charge in [0.2, 0.25) is 0 Å². The highest BCUT2D eigenvalue weighted by molar-refractivity contribution is 6.06. The molecule has 0 saturated carbocycles. The van der Waals surface area contributed by atoms with Crippen molar-refractivity contribution in [2.45, 2.75) is 20.3 Å². The van der Waals surface area contributed by atoms with Crippen molar-refractivity contribution in [3.8, 4) is 5.75 Å². The molecule has 0 atom stereocenters. The number of ether oxygens (including phenoxy) is 1. The first-order chi connectivity index (χ1) is 13.5. The van der Waals surface area contributed by atoms with Crippen LogP contribution in [0.15, 0.2) is 48.5 Å². The molecule has 0 unspecified atom stereocenters. The molecule has 1 N–H and O–H groups in total. The molecule has 0 aliphatic carbocycles. The monoisotopic (exact) mass is 374 g/mol. The fraction of sp³-hybridized carbons (Fsp3) is 0.227. The molecule has 1 aliphatic rings. The fourth-order valence-corrected chi connectivity index (χ4v) is 3.49. The number of carbonyl (C=O) groups is 1. The Morgan fingerprint density at radius 2 is 1.93 bits per heavy atom. The number of aryl methyl sites for hydroxylation is 2. The van der Waals surface area contributed by atoms with Crippen LogP contribution < -0.4 is 15.0 Å². The largest absolute Gasteiger partial charge is 0.495 e. The first-order valence-electron chi connectivity index (χ1n) is 9.22. The molecule has 0 spiro atoms. The molecular formula is C22H22N4O2. The van der Waals surface area contributed by atoms with Gasteiger partial charge in [-0.05, 0) is 49.6 Å². The maximum Gasteiger partial charge on any atom is 0.277 e. The predicted octanol–water partition coefficient (Wildman–Crippen LogP) is 4.05. The average Bonchev–Trinajstić information content (AvgIpc) is 3.11. The Balaban J connectivity index is 1.65. The van der Waals surface area contributed by atoms with Crippen LogP contribution >= 0.6 is 0 Å². The lowest BCUT2D eigenvalue weighted by Gasteiger charge is -2.18. The van der Waals surface area contributed by atoms with Crippen molar-refractivity contribution in [3.05, 3.63) is 71.2 Å². The summed E-state index contributed by atoms with van der Waals surface area (Å²) < 4.78 is 5.42. The summed E-state index contributed by atoms with van der Waals surface area (Å²) in [5, 5.41) is 3.26. The molecule has 6 nitrogen and oxygen atoms in total. The van der Waals surface area contributed by atoms with Gasteiger partial charge in [0.1, 0.15) is 23.1 Å². The Morgan fingerprint density at radius 3 is 2.75 bits per heavy atom. The summed E-state index contributed by atoms with van der Waals surface area (Å²) in [5.74, 6) is 1.69. The molecule has 28 heavy (non-hydrogen) atoms. The smallest absolute Gasteiger partial charge is 0.277 e. The Hall–Kier alpha value is -3.41. The number of methoxy groups -OCH3 is 1. The van der Waals surface area contributed by atoms with Gasteiger partial charge in [0.05, 0.1) is 12.8 Å². The summed E-state index contributed by atoms with van der Waals surface area (Å²) in [6.07, 6.45) is 0.859. The first-order valence-corrected chi connectivity index (χ1v) is 9.22. The Morgan fingerprint density at radius 1 is 1.11 bits per heavy atom. The third-order valence-corrected chi connectivity index (χ3v) is 4.81. The summed E-state index contributed by atoms with van der Waals surface area (Å²) >= 11 is 0. The minimum absolute atomic E-state index is 0.116. The second-order valence-electron chi connectivity index (χ2n) is 6.85. The van der Waals surface area contributed by atoms with Crippen molar-refractivity contribution >= 4 is 23.1 Å². The van der Waals surface area contributed by atoms with Crippen LogP contribution in [0.4, 0.5) is 17.2 Å². The van der Waals surface area contributed by atoms with Gasteiger partial charge in [-0.1, -0.05) is 24.3 Å². The number of fused-ring (bicyclic) bond motifs is 1. The van der Waals surface area contributed by atoms with Crippen LogP contribution in [0.25, 0.3) is 0 Å². The molecule has 1 amide bonds. The lowest BCUT2D eigenvalue weighted by Crippen LogP contribution is -2.30. The van der Waals surface area contributed by atoms with Gasteiger partial charge in [-0.3, -0.25) is 4.79 Å². The third-order valence-electron chi connectivity index (χ3n) is 4.81. The Labute approximate surface area is 164 Å². The molecule has 0 radical (unpaired) electrons. The van der Waals surface area contributed by atoms with Gasteiger partial charge in [0.15, 0.2) is 0 Å². The number of hydrogen-bond donors (Lipinski definition) is 1. The van der Waals surface area contributed by atoms with Gasteiger partial charge in [-0.25, -0.2) is 9.97 Å². The highest BCUT2D eigenvalue weighted by Gasteiger charge is 2.26. The number of benzene rings is 2. The number of nitrogens with zero attached hydrogens (tertiary/aromatic N) is 3. The maximum atomic E-state index is 13.1. The zero-order valence-electron chi connectivity index (χ0n) is 16.2. The molecule has 0 fully saturated rings. The van der Waals surface area contributed by atoms with Gasteiger partial charge in [0.25, 0.3) is 5.91 Å². The highest BCUT2D eigenvalue weighted by Crippen LogP contribution is 2.30. The molecule has 1 aromatic heterocycles. The van der Waals surface area contributed by atoms with Gasteiger partial charge in [0, 0.05) is 18.3 Å². The SMILES string of the molecule is COc1ccc(C)cc1Nc1cc(C(=O)N2CCc3ccccc32)nc(C)n1. The zero-order valence-corrected chi connectivity index (χ0v) is 16.2. The van der Waals surface area contributed by atoms with Crippen molar-refractivity contribution in [3.63, 3.8) is 0 Å². The van der Waals surface area contributed by atoms with Crippen LogP contribution in [-0.4, -0.2) is 29.5 Å². The molecule has 1 aliphatic heterocycles. The normalized spacial score (nSPS) is 12.6. The maximum absolute atomic E-state index is 13.1. The molecule has 0 saturated heterocycles. The van der Waals surface area contributed by atoms with E-state index < -0.39 is 0 Å². The van der Waals surface area contributed by atoms with E-state index in [4.69, 9.17) is 4.74 Å². The van der Waals surface area contributed by atoms with Crippen molar-refractivity contribution in [2.24, 2.45) is 0 Å². The molecule has 4 rings (SSSR count). The minimum atomic E-state index is -0.116. The zero-order chi connectivity index (χ0) is 19.7. The summed E-state index contributed by atoms with van der Waals surface area (Å²) in [6, 6.07) is 15.5. The van der Waals surface area contributed by atoms with E-state index in [9.17, 15) is 4.79 Å². The number of para-hydroxylation sites is 1. The fourth-order valence-electron chi connectivity index (χ4n) is 3.49. The number of nitrogens with one attached hydrogen (secondary N) is 1. The summed E-state index contributed by atoms with van der Waals surface area (Å²) in [4.78, 5) is 23.7. The number of anilines is 3. The van der Waals surface area contributed by atoms with Gasteiger partial charge >= 0.3 is 0 Å². The molecule has 0 bridgehead atoms. The number of aromatic nitrogens is 2. The van der Waals surface area contributed by atoms with E-state index >= 15 is 0 Å². The van der Waals surface area contributed by atoms with Crippen LogP contribution in [0.5, 0.6) is 5.75 Å². The second kappa shape index (κ2) is 7.31. The molecule has 142 valence electrons. The van der Waals surface area contributed by atoms with Crippen molar-refractivity contribution in [1.29, 1.82) is 0 Å². The topological polar surface area (TPSA) is 67.3 Å². The van der Waals surface area contributed by atoms with Crippen LogP contribution in [0, 0.1) is 13.8 Å². The summed E-state index contributed by atoms with van der Waals surface area (Å²) in [7, 11) is 1.63. The van der Waals surface area contributed by atoms with E-state index in [0.29, 0.717) is 29.6 Å². The second-order valence-corrected chi connectivity index (χ2v) is 6.85. The number of carbonyl (C=O) groups excluding carboxylic acids is 1. The van der Waals surface area contributed by atoms with E-state index in [1.807, 2.05) is 43.3 Å². The minimum Gasteiger partial charge on any atom is -0.495 e. The van der Waals surface area contributed by atoms with Gasteiger partial charge in [-0.15, -0.1) is 0 Å². The number of hydrogen-bond acceptors (Lipinski definition) is 5. The molecular weight excluding hydrogens is 352 g/mol. The first kappa shape index (κ1) is 18.0. The van der Waals surface area contributed by atoms with Crippen LogP contribution in [0.2, 0.25) is 0 Å². The standard InChI is InChI=1S/C22H22N4O2/c1-14-8-9-20(28-3)17(12-14)25-21-13-18(23-15(2)24-21)22(27)26-11-10-16-6-4-5-7-19(16)26/h4-9,12-13H,10-11H2,1-3H3,(H,23,24,25). The summed E-state index contributed by atoms with van der Waals surface area (Å²) in [5.41, 5.74) is 4.41. The predicted molar refractivity (Wildman–Crippen MR) is 110 cm³/mol. The van der Waals surface area contributed by atoms with E-state index in [1.165, 1.54) is 5.56 Å². The summed E-state index contributed by atoms with van der Waals surface area (Å²) in [6.45, 7) is 4.46. The lowest BCUT2D eigenvalue weighted by molar-refractivity contribution is 0.0984. The van der Waals surface area contributed by atoms with Crippen molar-refractivity contribution in [2.75, 3.05) is 23.9 Å². The van der Waals surface area contributed by atoms with Crippen LogP contribution in [-0.2, 0) is 6.42 Å². The quantitative estimate of drug-likeness (QED) is 0.746. The van der Waals surface area contributed by atoms with Crippen molar-refractivity contribution < 1.29 is 9.53 Å². The van der Waals surface area contributed by atoms with Crippen LogP contribution in [0.1, 0.15) is 27.4 Å².